The molecule has 1 aromatic heterocycles. The van der Waals surface area contributed by atoms with Gasteiger partial charge in [-0.2, -0.15) is 0 Å². The highest BCUT2D eigenvalue weighted by Crippen LogP contribution is 2.36. The molecule has 0 fully saturated rings. The molecule has 4 rings (SSSR count). The lowest BCUT2D eigenvalue weighted by Crippen LogP contribution is -2.22. The monoisotopic (exact) mass is 336 g/mol. The van der Waals surface area contributed by atoms with E-state index in [2.05, 4.69) is 42.6 Å². The Hall–Kier alpha value is -2.17. The van der Waals surface area contributed by atoms with E-state index in [9.17, 15) is 0 Å². The number of rotatable bonds is 3. The van der Waals surface area contributed by atoms with Crippen molar-refractivity contribution in [3.63, 3.8) is 0 Å². The maximum absolute atomic E-state index is 5.37. The van der Waals surface area contributed by atoms with Crippen LogP contribution in [-0.2, 0) is 13.0 Å². The number of nitrogens with zero attached hydrogens (tertiary/aromatic N) is 1. The van der Waals surface area contributed by atoms with E-state index < -0.39 is 0 Å². The summed E-state index contributed by atoms with van der Waals surface area (Å²) in [6, 6.07) is 14.7. The van der Waals surface area contributed by atoms with Crippen LogP contribution in [0.2, 0.25) is 0 Å². The predicted octanol–water partition coefficient (Wildman–Crippen LogP) is 4.44. The van der Waals surface area contributed by atoms with Gasteiger partial charge in [-0.1, -0.05) is 30.3 Å². The molecule has 24 heavy (non-hydrogen) atoms. The molecule has 0 spiro atoms. The lowest BCUT2D eigenvalue weighted by molar-refractivity contribution is 0.415. The van der Waals surface area contributed by atoms with E-state index in [4.69, 9.17) is 9.72 Å². The molecule has 0 radical (unpaired) electrons. The third kappa shape index (κ3) is 2.72. The van der Waals surface area contributed by atoms with Crippen molar-refractivity contribution in [2.24, 2.45) is 0 Å². The van der Waals surface area contributed by atoms with Crippen LogP contribution in [-0.4, -0.2) is 18.6 Å². The molecule has 2 heterocycles. The van der Waals surface area contributed by atoms with Crippen molar-refractivity contribution >= 4 is 11.3 Å². The number of thiazole rings is 1. The molecule has 4 heteroatoms. The Balaban J connectivity index is 1.79. The molecular weight excluding hydrogens is 316 g/mol. The standard InChI is InChI=1S/C20H20N2OS/c1-13-16(14-5-3-6-15(11-14)23-2)7-4-8-17(13)20-22-18-9-10-21-12-19(18)24-20/h3-8,11,21H,9-10,12H2,1-2H3. The quantitative estimate of drug-likeness (QED) is 0.768. The van der Waals surface area contributed by atoms with Gasteiger partial charge in [0, 0.05) is 30.0 Å². The summed E-state index contributed by atoms with van der Waals surface area (Å²) in [5.74, 6) is 0.882. The molecule has 1 N–H and O–H groups in total. The Labute approximate surface area is 146 Å². The lowest BCUT2D eigenvalue weighted by atomic mass is 9.96. The van der Waals surface area contributed by atoms with Crippen molar-refractivity contribution in [3.05, 3.63) is 58.6 Å². The van der Waals surface area contributed by atoms with Gasteiger partial charge in [0.05, 0.1) is 12.8 Å². The summed E-state index contributed by atoms with van der Waals surface area (Å²) >= 11 is 1.82. The summed E-state index contributed by atoms with van der Waals surface area (Å²) in [5.41, 5.74) is 6.17. The number of ether oxygens (including phenoxy) is 1. The van der Waals surface area contributed by atoms with Gasteiger partial charge >= 0.3 is 0 Å². The van der Waals surface area contributed by atoms with Crippen molar-refractivity contribution in [1.29, 1.82) is 0 Å². The molecule has 0 amide bonds. The fourth-order valence-corrected chi connectivity index (χ4v) is 4.37. The predicted molar refractivity (Wildman–Crippen MR) is 99.7 cm³/mol. The molecule has 3 nitrogen and oxygen atoms in total. The second kappa shape index (κ2) is 6.38. The van der Waals surface area contributed by atoms with E-state index >= 15 is 0 Å². The molecule has 1 aliphatic rings. The number of fused-ring (bicyclic) bond motifs is 1. The largest absolute Gasteiger partial charge is 0.497 e. The Kier molecular flexibility index (Phi) is 4.08. The molecule has 0 atom stereocenters. The third-order valence-electron chi connectivity index (χ3n) is 4.55. The molecule has 1 aliphatic heterocycles. The minimum atomic E-state index is 0.882. The highest BCUT2D eigenvalue weighted by molar-refractivity contribution is 7.15. The van der Waals surface area contributed by atoms with Crippen molar-refractivity contribution < 1.29 is 4.74 Å². The van der Waals surface area contributed by atoms with Gasteiger partial charge in [-0.05, 0) is 35.7 Å². The molecule has 0 saturated heterocycles. The first-order valence-electron chi connectivity index (χ1n) is 8.20. The average Bonchev–Trinajstić information content (AvgIpc) is 3.06. The van der Waals surface area contributed by atoms with Crippen LogP contribution in [0, 0.1) is 6.92 Å². The molecule has 2 aromatic carbocycles. The normalized spacial score (nSPS) is 13.6. The second-order valence-electron chi connectivity index (χ2n) is 6.03. The minimum absolute atomic E-state index is 0.882. The van der Waals surface area contributed by atoms with Gasteiger partial charge in [0.25, 0.3) is 0 Å². The van der Waals surface area contributed by atoms with Crippen LogP contribution in [0.3, 0.4) is 0 Å². The summed E-state index contributed by atoms with van der Waals surface area (Å²) in [5, 5.41) is 4.56. The Bertz CT molecular complexity index is 862. The fourth-order valence-electron chi connectivity index (χ4n) is 3.21. The van der Waals surface area contributed by atoms with Crippen LogP contribution in [0.4, 0.5) is 0 Å². The van der Waals surface area contributed by atoms with Crippen LogP contribution >= 0.6 is 11.3 Å². The average molecular weight is 336 g/mol. The molecular formula is C20H20N2OS. The van der Waals surface area contributed by atoms with Crippen molar-refractivity contribution in [2.45, 2.75) is 19.9 Å². The third-order valence-corrected chi connectivity index (χ3v) is 5.68. The van der Waals surface area contributed by atoms with E-state index in [1.165, 1.54) is 32.8 Å². The molecule has 0 unspecified atom stereocenters. The summed E-state index contributed by atoms with van der Waals surface area (Å²) in [7, 11) is 1.70. The van der Waals surface area contributed by atoms with E-state index in [-0.39, 0.29) is 0 Å². The maximum Gasteiger partial charge on any atom is 0.124 e. The van der Waals surface area contributed by atoms with Crippen molar-refractivity contribution in [2.75, 3.05) is 13.7 Å². The van der Waals surface area contributed by atoms with Crippen LogP contribution in [0.1, 0.15) is 16.1 Å². The summed E-state index contributed by atoms with van der Waals surface area (Å²) in [4.78, 5) is 6.28. The Morgan fingerprint density at radius 3 is 2.79 bits per heavy atom. The number of methoxy groups -OCH3 is 1. The Morgan fingerprint density at radius 1 is 1.12 bits per heavy atom. The number of hydrogen-bond acceptors (Lipinski definition) is 4. The molecule has 0 aliphatic carbocycles. The first kappa shape index (κ1) is 15.4. The van der Waals surface area contributed by atoms with Crippen LogP contribution in [0.5, 0.6) is 5.75 Å². The zero-order valence-corrected chi connectivity index (χ0v) is 14.7. The van der Waals surface area contributed by atoms with E-state index in [0.717, 1.165) is 30.3 Å². The number of benzene rings is 2. The molecule has 0 bridgehead atoms. The second-order valence-corrected chi connectivity index (χ2v) is 7.11. The van der Waals surface area contributed by atoms with Gasteiger partial charge in [0.2, 0.25) is 0 Å². The molecule has 122 valence electrons. The zero-order chi connectivity index (χ0) is 16.5. The lowest BCUT2D eigenvalue weighted by Gasteiger charge is -2.11. The van der Waals surface area contributed by atoms with Crippen LogP contribution in [0.15, 0.2) is 42.5 Å². The minimum Gasteiger partial charge on any atom is -0.497 e. The number of nitrogens with one attached hydrogen (secondary N) is 1. The van der Waals surface area contributed by atoms with Gasteiger partial charge < -0.3 is 10.1 Å². The maximum atomic E-state index is 5.37. The van der Waals surface area contributed by atoms with Gasteiger partial charge in [-0.15, -0.1) is 11.3 Å². The van der Waals surface area contributed by atoms with Crippen molar-refractivity contribution in [1.82, 2.24) is 10.3 Å². The summed E-state index contributed by atoms with van der Waals surface area (Å²) < 4.78 is 5.37. The highest BCUT2D eigenvalue weighted by atomic mass is 32.1. The Morgan fingerprint density at radius 2 is 1.96 bits per heavy atom. The smallest absolute Gasteiger partial charge is 0.124 e. The molecule has 3 aromatic rings. The van der Waals surface area contributed by atoms with E-state index in [1.54, 1.807) is 7.11 Å². The van der Waals surface area contributed by atoms with Gasteiger partial charge in [-0.25, -0.2) is 4.98 Å². The molecule has 0 saturated carbocycles. The SMILES string of the molecule is COc1cccc(-c2cccc(-c3nc4c(s3)CNCC4)c2C)c1. The number of aromatic nitrogens is 1. The van der Waals surface area contributed by atoms with E-state index in [1.807, 2.05) is 23.5 Å². The van der Waals surface area contributed by atoms with Gasteiger partial charge in [0.15, 0.2) is 0 Å². The van der Waals surface area contributed by atoms with Crippen molar-refractivity contribution in [3.8, 4) is 27.4 Å². The highest BCUT2D eigenvalue weighted by Gasteiger charge is 2.17. The first-order chi connectivity index (χ1) is 11.8. The van der Waals surface area contributed by atoms with Crippen LogP contribution in [0.25, 0.3) is 21.7 Å². The summed E-state index contributed by atoms with van der Waals surface area (Å²) in [6.07, 6.45) is 1.03. The zero-order valence-electron chi connectivity index (χ0n) is 13.9. The fraction of sp³-hybridized carbons (Fsp3) is 0.250. The van der Waals surface area contributed by atoms with Gasteiger partial charge in [-0.3, -0.25) is 0 Å². The van der Waals surface area contributed by atoms with Crippen LogP contribution < -0.4 is 10.1 Å². The first-order valence-corrected chi connectivity index (χ1v) is 9.01. The van der Waals surface area contributed by atoms with E-state index in [0.29, 0.717) is 0 Å². The summed E-state index contributed by atoms with van der Waals surface area (Å²) in [6.45, 7) is 4.16. The number of hydrogen-bond donors (Lipinski definition) is 1. The topological polar surface area (TPSA) is 34.1 Å². The van der Waals surface area contributed by atoms with Gasteiger partial charge in [0.1, 0.15) is 10.8 Å².